The second kappa shape index (κ2) is 11.8. The molecule has 1 aromatic carbocycles. The minimum absolute atomic E-state index is 0.0492. The fraction of sp³-hybridized carbons (Fsp3) is 0.448. The highest BCUT2D eigenvalue weighted by atomic mass is 16.5. The highest BCUT2D eigenvalue weighted by Crippen LogP contribution is 2.39. The van der Waals surface area contributed by atoms with Gasteiger partial charge >= 0.3 is 6.09 Å². The number of carbonyl (C=O) groups excluding carboxylic acids is 2. The normalized spacial score (nSPS) is 18.3. The number of fused-ring (bicyclic) bond motifs is 1. The fourth-order valence-electron chi connectivity index (χ4n) is 5.42. The van der Waals surface area contributed by atoms with Gasteiger partial charge in [0.15, 0.2) is 0 Å². The van der Waals surface area contributed by atoms with Crippen molar-refractivity contribution in [1.29, 1.82) is 0 Å². The minimum atomic E-state index is -0.382. The zero-order valence-corrected chi connectivity index (χ0v) is 22.8. The molecule has 0 saturated heterocycles. The van der Waals surface area contributed by atoms with Gasteiger partial charge < -0.3 is 26.0 Å². The lowest BCUT2D eigenvalue weighted by molar-refractivity contribution is 0.0966. The molecule has 0 radical (unpaired) electrons. The average Bonchev–Trinajstić information content (AvgIpc) is 3.51. The summed E-state index contributed by atoms with van der Waals surface area (Å²) in [5, 5.41) is 17.5. The molecule has 1 fully saturated rings. The molecular formula is C29H37N7O3. The van der Waals surface area contributed by atoms with Crippen molar-refractivity contribution in [2.24, 2.45) is 7.05 Å². The highest BCUT2D eigenvalue weighted by molar-refractivity contribution is 6.06. The molecule has 2 aromatic heterocycles. The molecule has 1 saturated carbocycles. The lowest BCUT2D eigenvalue weighted by atomic mass is 9.90. The molecular weight excluding hydrogens is 494 g/mol. The van der Waals surface area contributed by atoms with Gasteiger partial charge in [-0.3, -0.25) is 9.48 Å². The second-order valence-electron chi connectivity index (χ2n) is 10.3. The van der Waals surface area contributed by atoms with E-state index in [1.54, 1.807) is 10.9 Å². The number of alkyl carbamates (subject to hydrolysis) is 1. The Balaban J connectivity index is 1.52. The number of amides is 2. The molecule has 1 aliphatic carbocycles. The van der Waals surface area contributed by atoms with Crippen LogP contribution in [-0.2, 0) is 18.3 Å². The number of unbranched alkanes of at least 4 members (excludes halogenated alkanes) is 1. The number of nitrogens with one attached hydrogen (secondary N) is 4. The smallest absolute Gasteiger partial charge is 0.407 e. The first kappa shape index (κ1) is 26.5. The molecule has 0 unspecified atom stereocenters. The number of ether oxygens (including phenoxy) is 1. The van der Waals surface area contributed by atoms with Gasteiger partial charge in [0, 0.05) is 42.6 Å². The maximum Gasteiger partial charge on any atom is 0.407 e. The number of aromatic nitrogens is 3. The van der Waals surface area contributed by atoms with Crippen molar-refractivity contribution < 1.29 is 14.3 Å². The number of nitrogens with zero attached hydrogens (tertiary/aromatic N) is 3. The van der Waals surface area contributed by atoms with Gasteiger partial charge in [-0.25, -0.2) is 9.78 Å². The lowest BCUT2D eigenvalue weighted by Crippen LogP contribution is -2.49. The molecule has 39 heavy (non-hydrogen) atoms. The number of hydrogen-bond donors (Lipinski definition) is 4. The van der Waals surface area contributed by atoms with E-state index in [1.807, 2.05) is 44.3 Å². The summed E-state index contributed by atoms with van der Waals surface area (Å²) in [7, 11) is 1.88. The fourth-order valence-corrected chi connectivity index (χ4v) is 5.42. The Morgan fingerprint density at radius 1 is 1.15 bits per heavy atom. The summed E-state index contributed by atoms with van der Waals surface area (Å²) in [5.74, 6) is 0.995. The third-order valence-electron chi connectivity index (χ3n) is 7.43. The van der Waals surface area contributed by atoms with Crippen LogP contribution in [0.5, 0.6) is 0 Å². The Kier molecular flexibility index (Phi) is 7.99. The van der Waals surface area contributed by atoms with Gasteiger partial charge in [-0.15, -0.1) is 0 Å². The van der Waals surface area contributed by atoms with Crippen molar-refractivity contribution in [1.82, 2.24) is 25.4 Å². The predicted molar refractivity (Wildman–Crippen MR) is 151 cm³/mol. The number of anilines is 3. The zero-order valence-electron chi connectivity index (χ0n) is 22.8. The van der Waals surface area contributed by atoms with Crippen LogP contribution in [0.15, 0.2) is 36.5 Å². The largest absolute Gasteiger partial charge is 0.450 e. The SMILES string of the molecule is CCCCOC(=O)N[C@H]1CCCC[C@H]1Nc1nc(Nc2cccc(C)c2)c2c(c1-c1ccnn1C)CNC2=O. The molecule has 4 N–H and O–H groups in total. The van der Waals surface area contributed by atoms with Crippen molar-refractivity contribution in [2.45, 2.75) is 71.0 Å². The summed E-state index contributed by atoms with van der Waals surface area (Å²) < 4.78 is 7.18. The summed E-state index contributed by atoms with van der Waals surface area (Å²) in [4.78, 5) is 30.6. The monoisotopic (exact) mass is 531 g/mol. The van der Waals surface area contributed by atoms with Gasteiger partial charge in [0.25, 0.3) is 5.91 Å². The number of hydrogen-bond acceptors (Lipinski definition) is 7. The van der Waals surface area contributed by atoms with E-state index >= 15 is 0 Å². The molecule has 3 aromatic rings. The number of aryl methyl sites for hydroxylation is 2. The second-order valence-corrected chi connectivity index (χ2v) is 10.3. The van der Waals surface area contributed by atoms with Gasteiger partial charge in [-0.05, 0) is 49.9 Å². The van der Waals surface area contributed by atoms with Crippen molar-refractivity contribution in [2.75, 3.05) is 17.2 Å². The van der Waals surface area contributed by atoms with Gasteiger partial charge in [0.2, 0.25) is 0 Å². The van der Waals surface area contributed by atoms with E-state index in [0.29, 0.717) is 30.4 Å². The Morgan fingerprint density at radius 2 is 1.97 bits per heavy atom. The number of benzene rings is 1. The summed E-state index contributed by atoms with van der Waals surface area (Å²) in [6.07, 6.45) is 6.97. The van der Waals surface area contributed by atoms with E-state index in [0.717, 1.165) is 66.6 Å². The number of rotatable bonds is 9. The quantitative estimate of drug-likeness (QED) is 0.286. The Bertz CT molecular complexity index is 1350. The molecule has 2 amide bonds. The van der Waals surface area contributed by atoms with E-state index in [4.69, 9.17) is 9.72 Å². The van der Waals surface area contributed by atoms with Crippen LogP contribution in [0.2, 0.25) is 0 Å². The van der Waals surface area contributed by atoms with Crippen molar-refractivity contribution >= 4 is 29.3 Å². The van der Waals surface area contributed by atoms with E-state index in [2.05, 4.69) is 33.3 Å². The van der Waals surface area contributed by atoms with Gasteiger partial charge in [0.1, 0.15) is 11.6 Å². The number of carbonyl (C=O) groups is 2. The predicted octanol–water partition coefficient (Wildman–Crippen LogP) is 5.03. The lowest BCUT2D eigenvalue weighted by Gasteiger charge is -2.33. The molecule has 10 heteroatoms. The van der Waals surface area contributed by atoms with E-state index in [1.165, 1.54) is 0 Å². The first-order chi connectivity index (χ1) is 18.9. The average molecular weight is 532 g/mol. The first-order valence-electron chi connectivity index (χ1n) is 13.8. The standard InChI is InChI=1S/C29H37N7O3/c1-4-5-15-39-29(38)34-22-12-7-6-11-21(22)33-26-24(23-13-14-31-36(23)3)20-17-30-28(37)25(20)27(35-26)32-19-10-8-9-18(2)16-19/h8-10,13-14,16,21-22H,4-7,11-12,15,17H2,1-3H3,(H,30,37)(H,34,38)(H2,32,33,35)/t21-,22+/m1/s1. The van der Waals surface area contributed by atoms with Gasteiger partial charge in [0.05, 0.1) is 23.9 Å². The van der Waals surface area contributed by atoms with Gasteiger partial charge in [-0.1, -0.05) is 38.3 Å². The Morgan fingerprint density at radius 3 is 2.72 bits per heavy atom. The molecule has 2 aliphatic rings. The van der Waals surface area contributed by atoms with Crippen LogP contribution in [0.3, 0.4) is 0 Å². The van der Waals surface area contributed by atoms with Crippen LogP contribution < -0.4 is 21.3 Å². The summed E-state index contributed by atoms with van der Waals surface area (Å²) >= 11 is 0. The van der Waals surface area contributed by atoms with Crippen LogP contribution >= 0.6 is 0 Å². The first-order valence-corrected chi connectivity index (χ1v) is 13.8. The third kappa shape index (κ3) is 5.84. The third-order valence-corrected chi connectivity index (χ3v) is 7.43. The van der Waals surface area contributed by atoms with Gasteiger partial charge in [-0.2, -0.15) is 5.10 Å². The molecule has 3 heterocycles. The van der Waals surface area contributed by atoms with Crippen LogP contribution in [0.25, 0.3) is 11.3 Å². The maximum atomic E-state index is 13.0. The molecule has 206 valence electrons. The number of pyridine rings is 1. The highest BCUT2D eigenvalue weighted by Gasteiger charge is 2.33. The molecule has 0 spiro atoms. The molecule has 1 aliphatic heterocycles. The van der Waals surface area contributed by atoms with Crippen molar-refractivity contribution in [3.05, 3.63) is 53.2 Å². The van der Waals surface area contributed by atoms with E-state index < -0.39 is 0 Å². The summed E-state index contributed by atoms with van der Waals surface area (Å²) in [6, 6.07) is 9.76. The van der Waals surface area contributed by atoms with Crippen LogP contribution in [0.4, 0.5) is 22.1 Å². The van der Waals surface area contributed by atoms with Crippen molar-refractivity contribution in [3.8, 4) is 11.3 Å². The molecule has 10 nitrogen and oxygen atoms in total. The molecule has 0 bridgehead atoms. The Hall–Kier alpha value is -4.08. The van der Waals surface area contributed by atoms with Crippen LogP contribution in [-0.4, -0.2) is 45.5 Å². The summed E-state index contributed by atoms with van der Waals surface area (Å²) in [5.41, 5.74) is 5.07. The van der Waals surface area contributed by atoms with Crippen LogP contribution in [0, 0.1) is 6.92 Å². The Labute approximate surface area is 228 Å². The van der Waals surface area contributed by atoms with Crippen LogP contribution in [0.1, 0.15) is 66.9 Å². The molecule has 5 rings (SSSR count). The zero-order chi connectivity index (χ0) is 27.4. The molecule has 2 atom stereocenters. The minimum Gasteiger partial charge on any atom is -0.450 e. The summed E-state index contributed by atoms with van der Waals surface area (Å²) in [6.45, 7) is 4.90. The van der Waals surface area contributed by atoms with Crippen molar-refractivity contribution in [3.63, 3.8) is 0 Å². The maximum absolute atomic E-state index is 13.0. The van der Waals surface area contributed by atoms with E-state index in [9.17, 15) is 9.59 Å². The topological polar surface area (TPSA) is 122 Å². The van der Waals surface area contributed by atoms with E-state index in [-0.39, 0.29) is 24.1 Å².